The monoisotopic (exact) mass is 386 g/mol. The van der Waals surface area contributed by atoms with Crippen LogP contribution in [-0.2, 0) is 17.6 Å². The highest BCUT2D eigenvalue weighted by Gasteiger charge is 2.31. The molecule has 0 aromatic carbocycles. The minimum atomic E-state index is 0.0458. The normalized spacial score (nSPS) is 22.0. The number of likely N-dealkylation sites (tertiary alicyclic amines) is 1. The highest BCUT2D eigenvalue weighted by Crippen LogP contribution is 2.37. The average Bonchev–Trinajstić information content (AvgIpc) is 3.38. The molecule has 26 heavy (non-hydrogen) atoms. The van der Waals surface area contributed by atoms with Crippen LogP contribution in [0.1, 0.15) is 59.0 Å². The predicted octanol–water partition coefficient (Wildman–Crippen LogP) is 3.31. The van der Waals surface area contributed by atoms with Crippen LogP contribution in [0.25, 0.3) is 0 Å². The van der Waals surface area contributed by atoms with E-state index in [-0.39, 0.29) is 5.91 Å². The third-order valence-electron chi connectivity index (χ3n) is 5.58. The number of thiophene rings is 2. The van der Waals surface area contributed by atoms with Crippen molar-refractivity contribution < 1.29 is 9.69 Å². The van der Waals surface area contributed by atoms with Crippen molar-refractivity contribution in [1.29, 1.82) is 5.26 Å². The molecule has 1 amide bonds. The van der Waals surface area contributed by atoms with Crippen LogP contribution in [0.4, 0.5) is 5.00 Å². The van der Waals surface area contributed by atoms with Crippen LogP contribution in [-0.4, -0.2) is 19.0 Å². The van der Waals surface area contributed by atoms with Gasteiger partial charge in [0, 0.05) is 17.7 Å². The Morgan fingerprint density at radius 2 is 2.23 bits per heavy atom. The molecule has 1 saturated heterocycles. The van der Waals surface area contributed by atoms with Gasteiger partial charge in [-0.2, -0.15) is 5.26 Å². The van der Waals surface area contributed by atoms with Crippen LogP contribution in [0, 0.1) is 11.3 Å². The average molecular weight is 387 g/mol. The van der Waals surface area contributed by atoms with Crippen molar-refractivity contribution in [3.8, 4) is 6.07 Å². The van der Waals surface area contributed by atoms with E-state index < -0.39 is 0 Å². The maximum absolute atomic E-state index is 12.5. The molecule has 6 heteroatoms. The second kappa shape index (κ2) is 7.91. The summed E-state index contributed by atoms with van der Waals surface area (Å²) in [5.74, 6) is 0.0458. The number of carbonyl (C=O) groups is 1. The molecule has 2 atom stereocenters. The molecule has 0 spiro atoms. The first-order valence-electron chi connectivity index (χ1n) is 9.48. The van der Waals surface area contributed by atoms with Gasteiger partial charge in [0.2, 0.25) is 5.91 Å². The van der Waals surface area contributed by atoms with Gasteiger partial charge in [0.25, 0.3) is 0 Å². The summed E-state index contributed by atoms with van der Waals surface area (Å²) in [6, 6.07) is 7.21. The van der Waals surface area contributed by atoms with Crippen molar-refractivity contribution in [2.75, 3.05) is 18.4 Å². The Hall–Kier alpha value is -1.68. The molecule has 0 saturated carbocycles. The first-order valence-corrected chi connectivity index (χ1v) is 11.2. The fraction of sp³-hybridized carbons (Fsp3) is 0.500. The summed E-state index contributed by atoms with van der Waals surface area (Å²) in [6.07, 6.45) is 7.33. The van der Waals surface area contributed by atoms with Gasteiger partial charge in [-0.1, -0.05) is 6.07 Å². The van der Waals surface area contributed by atoms with Crippen molar-refractivity contribution in [1.82, 2.24) is 0 Å². The van der Waals surface area contributed by atoms with Gasteiger partial charge in [0.15, 0.2) is 0 Å². The number of anilines is 1. The van der Waals surface area contributed by atoms with E-state index in [1.54, 1.807) is 11.3 Å². The molecule has 0 bridgehead atoms. The molecule has 2 aromatic heterocycles. The van der Waals surface area contributed by atoms with Crippen LogP contribution in [0.5, 0.6) is 0 Å². The number of aryl methyl sites for hydroxylation is 1. The van der Waals surface area contributed by atoms with Gasteiger partial charge < -0.3 is 10.2 Å². The molecule has 1 fully saturated rings. The van der Waals surface area contributed by atoms with E-state index in [4.69, 9.17) is 0 Å². The lowest BCUT2D eigenvalue weighted by Gasteiger charge is -2.20. The number of nitrogens with zero attached hydrogens (tertiary/aromatic N) is 1. The molecule has 4 rings (SSSR count). The van der Waals surface area contributed by atoms with E-state index in [1.165, 1.54) is 39.5 Å². The summed E-state index contributed by atoms with van der Waals surface area (Å²) in [4.78, 5) is 16.8. The van der Waals surface area contributed by atoms with E-state index in [9.17, 15) is 10.1 Å². The SMILES string of the molecule is N#Cc1c(NC(=O)CC[NH+]2CCC[C@@H]2c2cccs2)sc2c1CCCC2. The van der Waals surface area contributed by atoms with E-state index in [2.05, 4.69) is 28.9 Å². The number of carbonyl (C=O) groups excluding carboxylic acids is 1. The number of hydrogen-bond donors (Lipinski definition) is 2. The van der Waals surface area contributed by atoms with Gasteiger partial charge in [0.05, 0.1) is 30.0 Å². The van der Waals surface area contributed by atoms with E-state index in [0.29, 0.717) is 18.0 Å². The minimum Gasteiger partial charge on any atom is -0.328 e. The Labute approximate surface area is 162 Å². The van der Waals surface area contributed by atoms with Gasteiger partial charge in [0.1, 0.15) is 17.1 Å². The minimum absolute atomic E-state index is 0.0458. The molecule has 136 valence electrons. The number of hydrogen-bond acceptors (Lipinski definition) is 4. The van der Waals surface area contributed by atoms with Crippen molar-refractivity contribution in [2.24, 2.45) is 0 Å². The molecule has 2 aliphatic rings. The maximum Gasteiger partial charge on any atom is 0.230 e. The quantitative estimate of drug-likeness (QED) is 0.828. The van der Waals surface area contributed by atoms with Crippen LogP contribution in [0.15, 0.2) is 17.5 Å². The van der Waals surface area contributed by atoms with Crippen molar-refractivity contribution >= 4 is 33.6 Å². The Bertz CT molecular complexity index is 819. The second-order valence-electron chi connectivity index (χ2n) is 7.19. The molecule has 1 aliphatic carbocycles. The lowest BCUT2D eigenvalue weighted by molar-refractivity contribution is -0.917. The molecular weight excluding hydrogens is 362 g/mol. The molecule has 0 radical (unpaired) electrons. The van der Waals surface area contributed by atoms with Gasteiger partial charge in [-0.05, 0) is 42.7 Å². The molecular formula is C20H24N3OS2+. The van der Waals surface area contributed by atoms with Gasteiger partial charge in [-0.3, -0.25) is 4.79 Å². The van der Waals surface area contributed by atoms with Crippen molar-refractivity contribution in [3.63, 3.8) is 0 Å². The fourth-order valence-corrected chi connectivity index (χ4v) is 6.46. The first kappa shape index (κ1) is 17.7. The molecule has 2 N–H and O–H groups in total. The summed E-state index contributed by atoms with van der Waals surface area (Å²) >= 11 is 3.44. The topological polar surface area (TPSA) is 57.3 Å². The first-order chi connectivity index (χ1) is 12.8. The fourth-order valence-electron chi connectivity index (χ4n) is 4.28. The standard InChI is InChI=1S/C20H23N3OS2/c21-13-15-14-5-1-2-7-17(14)26-20(15)22-19(24)9-11-23-10-3-6-16(23)18-8-4-12-25-18/h4,8,12,16H,1-3,5-7,9-11H2,(H,22,24)/p+1/t16-/m1/s1. The highest BCUT2D eigenvalue weighted by atomic mass is 32.1. The zero-order valence-corrected chi connectivity index (χ0v) is 16.5. The molecule has 4 nitrogen and oxygen atoms in total. The summed E-state index contributed by atoms with van der Waals surface area (Å²) in [5.41, 5.74) is 1.89. The van der Waals surface area contributed by atoms with Crippen molar-refractivity contribution in [2.45, 2.75) is 51.0 Å². The molecule has 3 heterocycles. The number of amides is 1. The smallest absolute Gasteiger partial charge is 0.230 e. The van der Waals surface area contributed by atoms with Crippen LogP contribution in [0.2, 0.25) is 0 Å². The second-order valence-corrected chi connectivity index (χ2v) is 9.28. The molecule has 1 unspecified atom stereocenters. The molecule has 2 aromatic rings. The Morgan fingerprint density at radius 3 is 3.04 bits per heavy atom. The Balaban J connectivity index is 1.37. The lowest BCUT2D eigenvalue weighted by atomic mass is 9.96. The van der Waals surface area contributed by atoms with Crippen molar-refractivity contribution in [3.05, 3.63) is 38.4 Å². The zero-order chi connectivity index (χ0) is 17.9. The maximum atomic E-state index is 12.5. The van der Waals surface area contributed by atoms with Crippen LogP contribution in [0.3, 0.4) is 0 Å². The predicted molar refractivity (Wildman–Crippen MR) is 106 cm³/mol. The zero-order valence-electron chi connectivity index (χ0n) is 14.8. The number of nitriles is 1. The van der Waals surface area contributed by atoms with E-state index in [1.807, 2.05) is 11.3 Å². The van der Waals surface area contributed by atoms with Gasteiger partial charge in [-0.15, -0.1) is 22.7 Å². The summed E-state index contributed by atoms with van der Waals surface area (Å²) in [5, 5.41) is 15.5. The molecule has 1 aliphatic heterocycles. The van der Waals surface area contributed by atoms with Crippen LogP contribution >= 0.6 is 22.7 Å². The third kappa shape index (κ3) is 3.57. The lowest BCUT2D eigenvalue weighted by Crippen LogP contribution is -3.10. The number of quaternary nitrogens is 1. The number of nitrogens with one attached hydrogen (secondary N) is 2. The van der Waals surface area contributed by atoms with Gasteiger partial charge >= 0.3 is 0 Å². The third-order valence-corrected chi connectivity index (χ3v) is 7.77. The highest BCUT2D eigenvalue weighted by molar-refractivity contribution is 7.16. The van der Waals surface area contributed by atoms with E-state index in [0.717, 1.165) is 37.4 Å². The van der Waals surface area contributed by atoms with Gasteiger partial charge in [-0.25, -0.2) is 0 Å². The van der Waals surface area contributed by atoms with E-state index >= 15 is 0 Å². The Kier molecular flexibility index (Phi) is 5.39. The number of fused-ring (bicyclic) bond motifs is 1. The van der Waals surface area contributed by atoms with Crippen LogP contribution < -0.4 is 10.2 Å². The Morgan fingerprint density at radius 1 is 1.35 bits per heavy atom. The summed E-state index contributed by atoms with van der Waals surface area (Å²) in [7, 11) is 0. The number of rotatable bonds is 5. The summed E-state index contributed by atoms with van der Waals surface area (Å²) in [6.45, 7) is 2.01. The largest absolute Gasteiger partial charge is 0.328 e. The summed E-state index contributed by atoms with van der Waals surface area (Å²) < 4.78 is 0.